The van der Waals surface area contributed by atoms with E-state index in [2.05, 4.69) is 4.99 Å². The Kier molecular flexibility index (Phi) is 5.07. The minimum atomic E-state index is -0.829. The van der Waals surface area contributed by atoms with Crippen molar-refractivity contribution in [2.24, 2.45) is 10.9 Å². The van der Waals surface area contributed by atoms with Crippen LogP contribution in [0.1, 0.15) is 39.5 Å². The summed E-state index contributed by atoms with van der Waals surface area (Å²) in [6.07, 6.45) is 3.20. The fourth-order valence-corrected chi connectivity index (χ4v) is 2.12. The molecular formula is C13H19NO4. The summed E-state index contributed by atoms with van der Waals surface area (Å²) in [6.45, 7) is 3.83. The normalized spacial score (nSPS) is 23.2. The standard InChI is InChI=1S/C13H19NO4/c1-8-10(3-5-12(15)16)7-11(9(2)14-8)4-6-13(17)18/h7-8,10H,3-6H2,1-2H3,(H,15,16)(H,17,18). The Hall–Kier alpha value is -1.65. The van der Waals surface area contributed by atoms with E-state index in [0.29, 0.717) is 12.8 Å². The molecule has 0 fully saturated rings. The number of carbonyl (C=O) groups is 2. The Morgan fingerprint density at radius 1 is 1.28 bits per heavy atom. The molecule has 1 heterocycles. The van der Waals surface area contributed by atoms with E-state index in [9.17, 15) is 9.59 Å². The van der Waals surface area contributed by atoms with Gasteiger partial charge in [0.2, 0.25) is 0 Å². The summed E-state index contributed by atoms with van der Waals surface area (Å²) in [5.74, 6) is -1.55. The number of carboxylic acids is 2. The third-order valence-electron chi connectivity index (χ3n) is 3.20. The molecule has 18 heavy (non-hydrogen) atoms. The number of hydrogen-bond donors (Lipinski definition) is 2. The quantitative estimate of drug-likeness (QED) is 0.759. The maximum Gasteiger partial charge on any atom is 0.303 e. The second-order valence-corrected chi connectivity index (χ2v) is 4.64. The molecule has 0 spiro atoms. The summed E-state index contributed by atoms with van der Waals surface area (Å²) in [7, 11) is 0. The Balaban J connectivity index is 2.68. The number of allylic oxidation sites excluding steroid dienone is 1. The Bertz CT molecular complexity index is 398. The van der Waals surface area contributed by atoms with E-state index in [4.69, 9.17) is 10.2 Å². The highest BCUT2D eigenvalue weighted by molar-refractivity contribution is 5.99. The van der Waals surface area contributed by atoms with E-state index in [1.54, 1.807) is 0 Å². The van der Waals surface area contributed by atoms with E-state index in [1.165, 1.54) is 0 Å². The van der Waals surface area contributed by atoms with Crippen molar-refractivity contribution in [1.29, 1.82) is 0 Å². The van der Waals surface area contributed by atoms with Crippen LogP contribution in [-0.4, -0.2) is 33.9 Å². The van der Waals surface area contributed by atoms with Crippen LogP contribution in [0.4, 0.5) is 0 Å². The molecule has 1 rings (SSSR count). The molecule has 2 atom stereocenters. The van der Waals surface area contributed by atoms with Crippen LogP contribution in [0.25, 0.3) is 0 Å². The number of aliphatic imine (C=N–C) groups is 1. The van der Waals surface area contributed by atoms with Crippen molar-refractivity contribution in [1.82, 2.24) is 0 Å². The first kappa shape index (κ1) is 14.4. The Morgan fingerprint density at radius 2 is 1.89 bits per heavy atom. The topological polar surface area (TPSA) is 87.0 Å². The van der Waals surface area contributed by atoms with Gasteiger partial charge in [-0.05, 0) is 32.3 Å². The maximum absolute atomic E-state index is 10.6. The van der Waals surface area contributed by atoms with Crippen molar-refractivity contribution in [2.45, 2.75) is 45.6 Å². The highest BCUT2D eigenvalue weighted by Crippen LogP contribution is 2.25. The first-order valence-corrected chi connectivity index (χ1v) is 6.09. The van der Waals surface area contributed by atoms with E-state index in [-0.39, 0.29) is 24.8 Å². The predicted molar refractivity (Wildman–Crippen MR) is 67.9 cm³/mol. The molecule has 0 saturated heterocycles. The minimum Gasteiger partial charge on any atom is -0.481 e. The van der Waals surface area contributed by atoms with Crippen molar-refractivity contribution in [3.8, 4) is 0 Å². The van der Waals surface area contributed by atoms with Gasteiger partial charge < -0.3 is 10.2 Å². The number of hydrogen-bond acceptors (Lipinski definition) is 3. The predicted octanol–water partition coefficient (Wildman–Crippen LogP) is 2.12. The fourth-order valence-electron chi connectivity index (χ4n) is 2.12. The van der Waals surface area contributed by atoms with Gasteiger partial charge in [-0.1, -0.05) is 6.08 Å². The number of aliphatic carboxylic acids is 2. The molecular weight excluding hydrogens is 234 g/mol. The van der Waals surface area contributed by atoms with Crippen LogP contribution in [0.5, 0.6) is 0 Å². The van der Waals surface area contributed by atoms with E-state index in [0.717, 1.165) is 11.3 Å². The van der Waals surface area contributed by atoms with E-state index < -0.39 is 11.9 Å². The smallest absolute Gasteiger partial charge is 0.303 e. The van der Waals surface area contributed by atoms with Gasteiger partial charge in [0, 0.05) is 24.5 Å². The number of nitrogens with zero attached hydrogens (tertiary/aromatic N) is 1. The molecule has 0 radical (unpaired) electrons. The summed E-state index contributed by atoms with van der Waals surface area (Å²) in [5, 5.41) is 17.4. The highest BCUT2D eigenvalue weighted by atomic mass is 16.4. The lowest BCUT2D eigenvalue weighted by atomic mass is 9.88. The van der Waals surface area contributed by atoms with E-state index >= 15 is 0 Å². The molecule has 1 aliphatic rings. The number of dihydropyridines is 1. The van der Waals surface area contributed by atoms with Crippen LogP contribution in [0.2, 0.25) is 0 Å². The van der Waals surface area contributed by atoms with Crippen LogP contribution >= 0.6 is 0 Å². The maximum atomic E-state index is 10.6. The number of rotatable bonds is 6. The molecule has 0 aromatic rings. The molecule has 0 aromatic heterocycles. The van der Waals surface area contributed by atoms with Crippen LogP contribution in [0.3, 0.4) is 0 Å². The van der Waals surface area contributed by atoms with Gasteiger partial charge in [-0.3, -0.25) is 14.6 Å². The van der Waals surface area contributed by atoms with Gasteiger partial charge in [-0.25, -0.2) is 0 Å². The molecule has 1 aliphatic heterocycles. The highest BCUT2D eigenvalue weighted by Gasteiger charge is 2.22. The zero-order valence-corrected chi connectivity index (χ0v) is 10.7. The van der Waals surface area contributed by atoms with Gasteiger partial charge in [0.05, 0.1) is 6.04 Å². The van der Waals surface area contributed by atoms with Gasteiger partial charge in [0.1, 0.15) is 0 Å². The average Bonchev–Trinajstić information content (AvgIpc) is 2.26. The first-order valence-electron chi connectivity index (χ1n) is 6.09. The molecule has 100 valence electrons. The molecule has 0 aliphatic carbocycles. The molecule has 5 nitrogen and oxygen atoms in total. The third-order valence-corrected chi connectivity index (χ3v) is 3.20. The van der Waals surface area contributed by atoms with Gasteiger partial charge in [-0.2, -0.15) is 0 Å². The minimum absolute atomic E-state index is 0.0675. The molecule has 0 bridgehead atoms. The Morgan fingerprint density at radius 3 is 2.44 bits per heavy atom. The number of carboxylic acid groups (broad SMARTS) is 2. The average molecular weight is 253 g/mol. The summed E-state index contributed by atoms with van der Waals surface area (Å²) in [5.41, 5.74) is 1.81. The molecule has 2 unspecified atom stereocenters. The molecule has 5 heteroatoms. The summed E-state index contributed by atoms with van der Waals surface area (Å²) in [6, 6.07) is 0.0675. The van der Waals surface area contributed by atoms with Crippen molar-refractivity contribution >= 4 is 17.7 Å². The Labute approximate surface area is 106 Å². The first-order chi connectivity index (χ1) is 8.40. The lowest BCUT2D eigenvalue weighted by molar-refractivity contribution is -0.138. The fraction of sp³-hybridized carbons (Fsp3) is 0.615. The van der Waals surface area contributed by atoms with Gasteiger partial charge in [0.15, 0.2) is 0 Å². The van der Waals surface area contributed by atoms with Crippen molar-refractivity contribution in [3.05, 3.63) is 11.6 Å². The summed E-state index contributed by atoms with van der Waals surface area (Å²) < 4.78 is 0. The van der Waals surface area contributed by atoms with Crippen LogP contribution in [0.15, 0.2) is 16.6 Å². The zero-order chi connectivity index (χ0) is 13.7. The summed E-state index contributed by atoms with van der Waals surface area (Å²) >= 11 is 0. The molecule has 0 saturated carbocycles. The second-order valence-electron chi connectivity index (χ2n) is 4.64. The lowest BCUT2D eigenvalue weighted by Crippen LogP contribution is -2.22. The zero-order valence-electron chi connectivity index (χ0n) is 10.7. The molecule has 0 aromatic carbocycles. The van der Waals surface area contributed by atoms with Gasteiger partial charge >= 0.3 is 11.9 Å². The van der Waals surface area contributed by atoms with E-state index in [1.807, 2.05) is 19.9 Å². The largest absolute Gasteiger partial charge is 0.481 e. The van der Waals surface area contributed by atoms with Crippen LogP contribution in [-0.2, 0) is 9.59 Å². The van der Waals surface area contributed by atoms with Crippen molar-refractivity contribution in [3.63, 3.8) is 0 Å². The van der Waals surface area contributed by atoms with Crippen LogP contribution in [0, 0.1) is 5.92 Å². The van der Waals surface area contributed by atoms with Crippen LogP contribution < -0.4 is 0 Å². The van der Waals surface area contributed by atoms with Gasteiger partial charge in [0.25, 0.3) is 0 Å². The van der Waals surface area contributed by atoms with Crippen molar-refractivity contribution in [2.75, 3.05) is 0 Å². The monoisotopic (exact) mass is 253 g/mol. The molecule has 0 amide bonds. The van der Waals surface area contributed by atoms with Crippen molar-refractivity contribution < 1.29 is 19.8 Å². The van der Waals surface area contributed by atoms with Gasteiger partial charge in [-0.15, -0.1) is 0 Å². The molecule has 2 N–H and O–H groups in total. The second kappa shape index (κ2) is 6.33. The lowest BCUT2D eigenvalue weighted by Gasteiger charge is -2.24. The SMILES string of the molecule is CC1=NC(C)C(CCC(=O)O)C=C1CCC(=O)O. The third kappa shape index (κ3) is 4.31. The summed E-state index contributed by atoms with van der Waals surface area (Å²) in [4.78, 5) is 25.6.